The van der Waals surface area contributed by atoms with Gasteiger partial charge in [-0.15, -0.1) is 0 Å². The molecule has 1 aromatic heterocycles. The summed E-state index contributed by atoms with van der Waals surface area (Å²) < 4.78 is 37.9. The number of nitrogens with one attached hydrogen (secondary N) is 2. The monoisotopic (exact) mass is 449 g/mol. The Hall–Kier alpha value is -2.85. The van der Waals surface area contributed by atoms with Crippen molar-refractivity contribution >= 4 is 16.0 Å². The van der Waals surface area contributed by atoms with Crippen molar-refractivity contribution in [2.45, 2.75) is 25.3 Å². The molecule has 1 heterocycles. The van der Waals surface area contributed by atoms with Crippen molar-refractivity contribution in [2.24, 2.45) is 4.99 Å². The van der Waals surface area contributed by atoms with Crippen molar-refractivity contribution in [1.29, 1.82) is 0 Å². The third-order valence-corrected chi connectivity index (χ3v) is 6.00. The fraction of sp³-hybridized carbons (Fsp3) is 0.429. The van der Waals surface area contributed by atoms with E-state index in [0.717, 1.165) is 11.1 Å². The first-order valence-electron chi connectivity index (χ1n) is 9.93. The summed E-state index contributed by atoms with van der Waals surface area (Å²) >= 11 is 0. The average Bonchev–Trinajstić information content (AvgIpc) is 2.77. The molecule has 0 spiro atoms. The predicted octanol–water partition coefficient (Wildman–Crippen LogP) is 1.78. The number of ether oxygens (including phenoxy) is 2. The summed E-state index contributed by atoms with van der Waals surface area (Å²) in [6.07, 6.45) is 2.84. The zero-order valence-corrected chi connectivity index (χ0v) is 19.5. The van der Waals surface area contributed by atoms with Crippen LogP contribution in [0.4, 0.5) is 0 Å². The molecule has 2 N–H and O–H groups in total. The van der Waals surface area contributed by atoms with E-state index in [2.05, 4.69) is 20.0 Å². The molecule has 0 radical (unpaired) electrons. The molecule has 9 nitrogen and oxygen atoms in total. The van der Waals surface area contributed by atoms with Crippen LogP contribution in [-0.4, -0.2) is 65.2 Å². The molecule has 2 aromatic rings. The zero-order valence-electron chi connectivity index (χ0n) is 18.7. The highest BCUT2D eigenvalue weighted by atomic mass is 32.2. The highest BCUT2D eigenvalue weighted by Gasteiger charge is 2.14. The lowest BCUT2D eigenvalue weighted by molar-refractivity contribution is 0.353. The Morgan fingerprint density at radius 3 is 2.55 bits per heavy atom. The quantitative estimate of drug-likeness (QED) is 0.324. The maximum atomic E-state index is 12.3. The molecule has 170 valence electrons. The van der Waals surface area contributed by atoms with Gasteiger partial charge in [-0.05, 0) is 49.2 Å². The highest BCUT2D eigenvalue weighted by molar-refractivity contribution is 7.89. The highest BCUT2D eigenvalue weighted by Crippen LogP contribution is 2.30. The number of pyridine rings is 1. The first-order valence-corrected chi connectivity index (χ1v) is 11.4. The second kappa shape index (κ2) is 11.5. The lowest BCUT2D eigenvalue weighted by Gasteiger charge is -2.23. The van der Waals surface area contributed by atoms with Crippen LogP contribution in [0, 0.1) is 6.92 Å². The Kier molecular flexibility index (Phi) is 9.07. The number of sulfonamides is 1. The molecule has 0 bridgehead atoms. The standard InChI is InChI=1S/C21H31N5O4S/c1-6-23-21(24-10-11-25-31(27,28)18-8-7-9-22-14-18)26(3)15-17-13-20(30-5)19(29-4)12-16(17)2/h7-9,12-14,25H,6,10-11,15H2,1-5H3,(H,23,24). The van der Waals surface area contributed by atoms with Crippen molar-refractivity contribution in [2.75, 3.05) is 40.9 Å². The van der Waals surface area contributed by atoms with Crippen LogP contribution in [0.3, 0.4) is 0 Å². The van der Waals surface area contributed by atoms with E-state index < -0.39 is 10.0 Å². The molecule has 0 amide bonds. The number of rotatable bonds is 10. The van der Waals surface area contributed by atoms with E-state index in [1.807, 2.05) is 37.9 Å². The zero-order chi connectivity index (χ0) is 22.9. The van der Waals surface area contributed by atoms with E-state index >= 15 is 0 Å². The summed E-state index contributed by atoms with van der Waals surface area (Å²) in [5.41, 5.74) is 2.15. The summed E-state index contributed by atoms with van der Waals surface area (Å²) in [7, 11) is 1.55. The van der Waals surface area contributed by atoms with Gasteiger partial charge in [0.05, 0.1) is 20.8 Å². The molecule has 2 rings (SSSR count). The van der Waals surface area contributed by atoms with Crippen molar-refractivity contribution in [3.63, 3.8) is 0 Å². The number of methoxy groups -OCH3 is 2. The number of hydrogen-bond donors (Lipinski definition) is 2. The summed E-state index contributed by atoms with van der Waals surface area (Å²) in [6, 6.07) is 6.98. The molecule has 0 atom stereocenters. The van der Waals surface area contributed by atoms with Gasteiger partial charge in [0, 0.05) is 39.1 Å². The molecule has 31 heavy (non-hydrogen) atoms. The number of aliphatic imine (C=N–C) groups is 1. The Balaban J connectivity index is 2.05. The van der Waals surface area contributed by atoms with Gasteiger partial charge in [-0.2, -0.15) is 0 Å². The van der Waals surface area contributed by atoms with Gasteiger partial charge >= 0.3 is 0 Å². The summed E-state index contributed by atoms with van der Waals surface area (Å²) in [4.78, 5) is 10.5. The van der Waals surface area contributed by atoms with E-state index in [0.29, 0.717) is 30.5 Å². The van der Waals surface area contributed by atoms with E-state index in [-0.39, 0.29) is 18.0 Å². The van der Waals surface area contributed by atoms with Crippen LogP contribution < -0.4 is 19.5 Å². The maximum Gasteiger partial charge on any atom is 0.242 e. The minimum Gasteiger partial charge on any atom is -0.493 e. The fourth-order valence-electron chi connectivity index (χ4n) is 2.92. The largest absolute Gasteiger partial charge is 0.493 e. The Bertz CT molecular complexity index is 981. The van der Waals surface area contributed by atoms with E-state index in [4.69, 9.17) is 9.47 Å². The minimum absolute atomic E-state index is 0.131. The van der Waals surface area contributed by atoms with Gasteiger partial charge in [-0.1, -0.05) is 0 Å². The topological polar surface area (TPSA) is 105 Å². The normalized spacial score (nSPS) is 11.8. The molecular weight excluding hydrogens is 418 g/mol. The van der Waals surface area contributed by atoms with Crippen LogP contribution in [0.2, 0.25) is 0 Å². The summed E-state index contributed by atoms with van der Waals surface area (Å²) in [6.45, 7) is 5.75. The fourth-order valence-corrected chi connectivity index (χ4v) is 3.91. The van der Waals surface area contributed by atoms with Crippen LogP contribution in [-0.2, 0) is 16.6 Å². The minimum atomic E-state index is -3.60. The third-order valence-electron chi connectivity index (χ3n) is 4.56. The van der Waals surface area contributed by atoms with Crippen molar-refractivity contribution in [3.8, 4) is 11.5 Å². The van der Waals surface area contributed by atoms with Gasteiger partial charge in [0.25, 0.3) is 0 Å². The Labute approximate surface area is 184 Å². The predicted molar refractivity (Wildman–Crippen MR) is 121 cm³/mol. The molecule has 0 fully saturated rings. The van der Waals surface area contributed by atoms with Crippen LogP contribution in [0.1, 0.15) is 18.1 Å². The first kappa shape index (κ1) is 24.4. The molecule has 0 aliphatic rings. The third kappa shape index (κ3) is 6.83. The molecule has 0 aliphatic heterocycles. The second-order valence-electron chi connectivity index (χ2n) is 6.81. The lowest BCUT2D eigenvalue weighted by atomic mass is 10.1. The molecule has 0 saturated heterocycles. The van der Waals surface area contributed by atoms with Crippen LogP contribution in [0.15, 0.2) is 46.5 Å². The van der Waals surface area contributed by atoms with Gasteiger partial charge in [0.15, 0.2) is 17.5 Å². The molecular formula is C21H31N5O4S. The van der Waals surface area contributed by atoms with Gasteiger partial charge in [0.2, 0.25) is 10.0 Å². The maximum absolute atomic E-state index is 12.3. The number of hydrogen-bond acceptors (Lipinski definition) is 6. The van der Waals surface area contributed by atoms with E-state index in [1.165, 1.54) is 18.5 Å². The number of aryl methyl sites for hydroxylation is 1. The summed E-state index contributed by atoms with van der Waals surface area (Å²) in [5, 5.41) is 3.24. The summed E-state index contributed by atoms with van der Waals surface area (Å²) in [5.74, 6) is 2.04. The van der Waals surface area contributed by atoms with Crippen molar-refractivity contribution in [3.05, 3.63) is 47.8 Å². The van der Waals surface area contributed by atoms with E-state index in [1.54, 1.807) is 20.3 Å². The Morgan fingerprint density at radius 2 is 1.94 bits per heavy atom. The number of benzene rings is 1. The van der Waals surface area contributed by atoms with Crippen molar-refractivity contribution in [1.82, 2.24) is 19.9 Å². The molecule has 0 unspecified atom stereocenters. The number of guanidine groups is 1. The van der Waals surface area contributed by atoms with Gasteiger partial charge in [-0.3, -0.25) is 9.98 Å². The lowest BCUT2D eigenvalue weighted by Crippen LogP contribution is -2.39. The van der Waals surface area contributed by atoms with Gasteiger partial charge < -0.3 is 19.7 Å². The smallest absolute Gasteiger partial charge is 0.242 e. The van der Waals surface area contributed by atoms with Crippen LogP contribution in [0.25, 0.3) is 0 Å². The number of aromatic nitrogens is 1. The van der Waals surface area contributed by atoms with Crippen LogP contribution >= 0.6 is 0 Å². The van der Waals surface area contributed by atoms with E-state index in [9.17, 15) is 8.42 Å². The molecule has 10 heteroatoms. The first-order chi connectivity index (χ1) is 14.8. The number of nitrogens with zero attached hydrogens (tertiary/aromatic N) is 3. The molecule has 1 aromatic carbocycles. The van der Waals surface area contributed by atoms with Gasteiger partial charge in [-0.25, -0.2) is 13.1 Å². The van der Waals surface area contributed by atoms with Crippen molar-refractivity contribution < 1.29 is 17.9 Å². The SMILES string of the molecule is CCNC(=NCCNS(=O)(=O)c1cccnc1)N(C)Cc1cc(OC)c(OC)cc1C. The second-order valence-corrected chi connectivity index (χ2v) is 8.58. The average molecular weight is 450 g/mol. The molecule has 0 aliphatic carbocycles. The van der Waals surface area contributed by atoms with Crippen LogP contribution in [0.5, 0.6) is 11.5 Å². The molecule has 0 saturated carbocycles. The van der Waals surface area contributed by atoms with Gasteiger partial charge in [0.1, 0.15) is 4.90 Å². The Morgan fingerprint density at radius 1 is 1.23 bits per heavy atom.